The van der Waals surface area contributed by atoms with E-state index >= 15 is 0 Å². The Morgan fingerprint density at radius 2 is 1.65 bits per heavy atom. The van der Waals surface area contributed by atoms with E-state index < -0.39 is 6.03 Å². The number of aryl methyl sites for hydroxylation is 1. The molecule has 0 radical (unpaired) electrons. The molecule has 0 aliphatic rings. The van der Waals surface area contributed by atoms with Gasteiger partial charge in [-0.3, -0.25) is 4.79 Å². The van der Waals surface area contributed by atoms with Gasteiger partial charge in [-0.15, -0.1) is 0 Å². The summed E-state index contributed by atoms with van der Waals surface area (Å²) in [4.78, 5) is 23.6. The third-order valence-corrected chi connectivity index (χ3v) is 3.89. The Morgan fingerprint density at radius 1 is 0.962 bits per heavy atom. The lowest BCUT2D eigenvalue weighted by molar-refractivity contribution is -0.120. The van der Waals surface area contributed by atoms with Crippen LogP contribution >= 0.6 is 0 Å². The molecule has 3 amide bonds. The van der Waals surface area contributed by atoms with Gasteiger partial charge in [0.05, 0.1) is 6.54 Å². The van der Waals surface area contributed by atoms with Gasteiger partial charge >= 0.3 is 6.03 Å². The first-order chi connectivity index (χ1) is 12.5. The van der Waals surface area contributed by atoms with Crippen molar-refractivity contribution in [2.75, 3.05) is 6.54 Å². The van der Waals surface area contributed by atoms with Gasteiger partial charge in [0.1, 0.15) is 5.82 Å². The van der Waals surface area contributed by atoms with Gasteiger partial charge in [-0.2, -0.15) is 0 Å². The smallest absolute Gasteiger partial charge is 0.315 e. The predicted molar refractivity (Wildman–Crippen MR) is 99.0 cm³/mol. The number of carbonyl (C=O) groups is 2. The molecule has 0 aliphatic heterocycles. The molecule has 26 heavy (non-hydrogen) atoms. The Balaban J connectivity index is 1.61. The fraction of sp³-hybridized carbons (Fsp3) is 0.300. The van der Waals surface area contributed by atoms with Crippen molar-refractivity contribution < 1.29 is 14.0 Å². The number of hydrogen-bond acceptors (Lipinski definition) is 2. The minimum absolute atomic E-state index is 0.0202. The van der Waals surface area contributed by atoms with Gasteiger partial charge in [0, 0.05) is 12.6 Å². The first-order valence-corrected chi connectivity index (χ1v) is 8.62. The van der Waals surface area contributed by atoms with Crippen molar-refractivity contribution in [3.63, 3.8) is 0 Å². The van der Waals surface area contributed by atoms with Gasteiger partial charge < -0.3 is 16.0 Å². The molecule has 1 atom stereocenters. The van der Waals surface area contributed by atoms with Crippen LogP contribution in [0.4, 0.5) is 9.18 Å². The third kappa shape index (κ3) is 7.34. The summed E-state index contributed by atoms with van der Waals surface area (Å²) >= 11 is 0. The Kier molecular flexibility index (Phi) is 7.61. The molecule has 0 spiro atoms. The highest BCUT2D eigenvalue weighted by Crippen LogP contribution is 2.04. The van der Waals surface area contributed by atoms with Crippen LogP contribution in [-0.4, -0.2) is 24.5 Å². The van der Waals surface area contributed by atoms with Gasteiger partial charge in [-0.25, -0.2) is 9.18 Å². The van der Waals surface area contributed by atoms with E-state index in [1.165, 1.54) is 17.7 Å². The number of benzene rings is 2. The topological polar surface area (TPSA) is 70.2 Å². The molecular formula is C20H24FN3O2. The molecule has 0 aromatic heterocycles. The molecule has 0 aliphatic carbocycles. The van der Waals surface area contributed by atoms with E-state index in [1.54, 1.807) is 12.1 Å². The zero-order chi connectivity index (χ0) is 18.8. The Morgan fingerprint density at radius 3 is 2.35 bits per heavy atom. The van der Waals surface area contributed by atoms with Crippen LogP contribution in [0.3, 0.4) is 0 Å². The van der Waals surface area contributed by atoms with Crippen molar-refractivity contribution >= 4 is 11.9 Å². The van der Waals surface area contributed by atoms with Gasteiger partial charge in [-0.1, -0.05) is 42.5 Å². The molecule has 2 aromatic rings. The third-order valence-electron chi connectivity index (χ3n) is 3.89. The zero-order valence-electron chi connectivity index (χ0n) is 14.8. The van der Waals surface area contributed by atoms with Crippen molar-refractivity contribution in [2.24, 2.45) is 0 Å². The summed E-state index contributed by atoms with van der Waals surface area (Å²) in [5.74, 6) is -0.557. The highest BCUT2D eigenvalue weighted by atomic mass is 19.1. The van der Waals surface area contributed by atoms with Crippen LogP contribution in [-0.2, 0) is 17.8 Å². The molecular weight excluding hydrogens is 333 g/mol. The number of urea groups is 1. The van der Waals surface area contributed by atoms with Crippen molar-refractivity contribution in [2.45, 2.75) is 32.4 Å². The van der Waals surface area contributed by atoms with Crippen LogP contribution in [0.1, 0.15) is 24.5 Å². The molecule has 0 bridgehead atoms. The second-order valence-electron chi connectivity index (χ2n) is 6.16. The number of halogens is 1. The number of amides is 3. The predicted octanol–water partition coefficient (Wildman–Crippen LogP) is 2.76. The summed E-state index contributed by atoms with van der Waals surface area (Å²) in [6.45, 7) is 2.11. The number of rotatable bonds is 8. The van der Waals surface area contributed by atoms with Crippen LogP contribution in [0.5, 0.6) is 0 Å². The van der Waals surface area contributed by atoms with Crippen molar-refractivity contribution in [3.8, 4) is 0 Å². The lowest BCUT2D eigenvalue weighted by Crippen LogP contribution is -2.44. The monoisotopic (exact) mass is 357 g/mol. The minimum Gasteiger partial charge on any atom is -0.352 e. The average Bonchev–Trinajstić information content (AvgIpc) is 2.65. The zero-order valence-corrected chi connectivity index (χ0v) is 14.8. The molecule has 0 saturated heterocycles. The molecule has 6 heteroatoms. The molecule has 0 saturated carbocycles. The van der Waals surface area contributed by atoms with Crippen LogP contribution < -0.4 is 16.0 Å². The summed E-state index contributed by atoms with van der Waals surface area (Å²) in [6, 6.07) is 15.5. The summed E-state index contributed by atoms with van der Waals surface area (Å²) in [5.41, 5.74) is 2.01. The molecule has 138 valence electrons. The van der Waals surface area contributed by atoms with Crippen LogP contribution in [0.25, 0.3) is 0 Å². The first-order valence-electron chi connectivity index (χ1n) is 8.62. The fourth-order valence-corrected chi connectivity index (χ4v) is 2.43. The normalized spacial score (nSPS) is 11.5. The van der Waals surface area contributed by atoms with Crippen LogP contribution in [0.15, 0.2) is 54.6 Å². The van der Waals surface area contributed by atoms with Gasteiger partial charge in [0.25, 0.3) is 0 Å². The summed E-state index contributed by atoms with van der Waals surface area (Å²) in [6.07, 6.45) is 1.71. The minimum atomic E-state index is -0.443. The van der Waals surface area contributed by atoms with E-state index in [1.807, 2.05) is 25.1 Å². The molecule has 2 rings (SSSR count). The SMILES string of the molecule is CC(CCc1ccccc1)NC(=O)CNC(=O)NCc1ccc(F)cc1. The number of hydrogen-bond donors (Lipinski definition) is 3. The maximum Gasteiger partial charge on any atom is 0.315 e. The highest BCUT2D eigenvalue weighted by molar-refractivity contribution is 5.84. The average molecular weight is 357 g/mol. The maximum absolute atomic E-state index is 12.8. The van der Waals surface area contributed by atoms with Gasteiger partial charge in [-0.05, 0) is 43.0 Å². The second kappa shape index (κ2) is 10.2. The Hall–Kier alpha value is -2.89. The van der Waals surface area contributed by atoms with Crippen molar-refractivity contribution in [1.29, 1.82) is 0 Å². The fourth-order valence-electron chi connectivity index (χ4n) is 2.43. The van der Waals surface area contributed by atoms with Crippen LogP contribution in [0, 0.1) is 5.82 Å². The van der Waals surface area contributed by atoms with E-state index in [2.05, 4.69) is 28.1 Å². The summed E-state index contributed by atoms with van der Waals surface area (Å²) in [5, 5.41) is 7.99. The standard InChI is InChI=1S/C20H24FN3O2/c1-15(7-8-16-5-3-2-4-6-16)24-19(25)14-23-20(26)22-13-17-9-11-18(21)12-10-17/h2-6,9-12,15H,7-8,13-14H2,1H3,(H,24,25)(H2,22,23,26). The van der Waals surface area contributed by atoms with E-state index in [0.29, 0.717) is 0 Å². The second-order valence-corrected chi connectivity index (χ2v) is 6.16. The highest BCUT2D eigenvalue weighted by Gasteiger charge is 2.09. The van der Waals surface area contributed by atoms with E-state index in [-0.39, 0.29) is 30.9 Å². The van der Waals surface area contributed by atoms with Gasteiger partial charge in [0.15, 0.2) is 0 Å². The maximum atomic E-state index is 12.8. The summed E-state index contributed by atoms with van der Waals surface area (Å²) in [7, 11) is 0. The molecule has 5 nitrogen and oxygen atoms in total. The Labute approximate surface area is 153 Å². The van der Waals surface area contributed by atoms with Gasteiger partial charge in [0.2, 0.25) is 5.91 Å². The molecule has 1 unspecified atom stereocenters. The van der Waals surface area contributed by atoms with Crippen molar-refractivity contribution in [3.05, 3.63) is 71.5 Å². The molecule has 2 aromatic carbocycles. The molecule has 0 heterocycles. The van der Waals surface area contributed by atoms with Crippen molar-refractivity contribution in [1.82, 2.24) is 16.0 Å². The quantitative estimate of drug-likeness (QED) is 0.680. The first kappa shape index (κ1) is 19.4. The number of carbonyl (C=O) groups excluding carboxylic acids is 2. The largest absolute Gasteiger partial charge is 0.352 e. The molecule has 3 N–H and O–H groups in total. The molecule has 0 fully saturated rings. The lowest BCUT2D eigenvalue weighted by atomic mass is 10.1. The van der Waals surface area contributed by atoms with E-state index in [4.69, 9.17) is 0 Å². The summed E-state index contributed by atoms with van der Waals surface area (Å²) < 4.78 is 12.8. The Bertz CT molecular complexity index is 705. The van der Waals surface area contributed by atoms with Crippen LogP contribution in [0.2, 0.25) is 0 Å². The van der Waals surface area contributed by atoms with E-state index in [0.717, 1.165) is 18.4 Å². The lowest BCUT2D eigenvalue weighted by Gasteiger charge is -2.14. The number of nitrogens with one attached hydrogen (secondary N) is 3. The van der Waals surface area contributed by atoms with E-state index in [9.17, 15) is 14.0 Å².